The Morgan fingerprint density at radius 1 is 1.24 bits per heavy atom. The van der Waals surface area contributed by atoms with Gasteiger partial charge in [-0.25, -0.2) is 12.8 Å². The number of hydrogen-bond acceptors (Lipinski definition) is 3. The van der Waals surface area contributed by atoms with E-state index < -0.39 is 15.8 Å². The molecule has 0 atom stereocenters. The number of benzene rings is 2. The van der Waals surface area contributed by atoms with E-state index in [1.165, 1.54) is 30.0 Å². The first-order chi connectivity index (χ1) is 9.83. The number of rotatable bonds is 4. The van der Waals surface area contributed by atoms with Crippen LogP contribution < -0.4 is 4.72 Å². The molecule has 2 rings (SSSR count). The fraction of sp³-hybridized carbons (Fsp3) is 0.0769. The maximum absolute atomic E-state index is 13.8. The second-order valence-electron chi connectivity index (χ2n) is 4.02. The Morgan fingerprint density at radius 3 is 2.57 bits per heavy atom. The summed E-state index contributed by atoms with van der Waals surface area (Å²) in [6.07, 6.45) is 1.75. The van der Waals surface area contributed by atoms with Gasteiger partial charge in [-0.1, -0.05) is 27.5 Å². The summed E-state index contributed by atoms with van der Waals surface area (Å²) < 4.78 is 41.3. The summed E-state index contributed by atoms with van der Waals surface area (Å²) in [4.78, 5) is 0.550. The van der Waals surface area contributed by atoms with Crippen LogP contribution >= 0.6 is 39.3 Å². The summed E-state index contributed by atoms with van der Waals surface area (Å²) in [6, 6.07) is 8.64. The van der Waals surface area contributed by atoms with Crippen LogP contribution in [0.1, 0.15) is 0 Å². The molecule has 0 aromatic heterocycles. The van der Waals surface area contributed by atoms with Crippen molar-refractivity contribution in [1.82, 2.24) is 0 Å². The molecule has 2 aromatic carbocycles. The number of halogens is 3. The molecule has 0 saturated carbocycles. The van der Waals surface area contributed by atoms with Crippen molar-refractivity contribution in [1.29, 1.82) is 0 Å². The smallest absolute Gasteiger partial charge is 0.263 e. The average molecular weight is 411 g/mol. The van der Waals surface area contributed by atoms with Crippen molar-refractivity contribution >= 4 is 55.0 Å². The van der Waals surface area contributed by atoms with Crippen molar-refractivity contribution in [2.45, 2.75) is 9.79 Å². The molecule has 2 aromatic rings. The zero-order chi connectivity index (χ0) is 15.6. The van der Waals surface area contributed by atoms with E-state index in [-0.39, 0.29) is 10.6 Å². The molecule has 0 aliphatic rings. The van der Waals surface area contributed by atoms with E-state index in [2.05, 4.69) is 20.7 Å². The van der Waals surface area contributed by atoms with Crippen LogP contribution in [0.15, 0.2) is 50.7 Å². The van der Waals surface area contributed by atoms with Crippen molar-refractivity contribution in [3.8, 4) is 0 Å². The SMILES string of the molecule is CSc1ccc(Cl)cc1S(=O)(=O)Nc1ccc(Br)cc1F. The largest absolute Gasteiger partial charge is 0.277 e. The molecule has 0 heterocycles. The normalized spacial score (nSPS) is 11.4. The molecule has 0 aliphatic carbocycles. The molecule has 0 saturated heterocycles. The molecule has 0 spiro atoms. The third-order valence-corrected chi connectivity index (χ3v) is 5.65. The van der Waals surface area contributed by atoms with Crippen molar-refractivity contribution in [2.24, 2.45) is 0 Å². The maximum atomic E-state index is 13.8. The van der Waals surface area contributed by atoms with Gasteiger partial charge >= 0.3 is 0 Å². The predicted molar refractivity (Wildman–Crippen MR) is 88.1 cm³/mol. The second kappa shape index (κ2) is 6.56. The summed E-state index contributed by atoms with van der Waals surface area (Å²) in [5, 5.41) is 0.296. The number of thioether (sulfide) groups is 1. The molecule has 21 heavy (non-hydrogen) atoms. The summed E-state index contributed by atoms with van der Waals surface area (Å²) in [5.74, 6) is -0.666. The van der Waals surface area contributed by atoms with E-state index in [4.69, 9.17) is 11.6 Å². The van der Waals surface area contributed by atoms with Crippen LogP contribution in [0.2, 0.25) is 5.02 Å². The minimum Gasteiger partial charge on any atom is -0.277 e. The van der Waals surface area contributed by atoms with Gasteiger partial charge in [0.15, 0.2) is 0 Å². The van der Waals surface area contributed by atoms with Gasteiger partial charge in [0.2, 0.25) is 0 Å². The van der Waals surface area contributed by atoms with Crippen molar-refractivity contribution in [2.75, 3.05) is 11.0 Å². The number of sulfonamides is 1. The van der Waals surface area contributed by atoms with Gasteiger partial charge in [0, 0.05) is 14.4 Å². The monoisotopic (exact) mass is 409 g/mol. The van der Waals surface area contributed by atoms with Crippen molar-refractivity contribution < 1.29 is 12.8 Å². The lowest BCUT2D eigenvalue weighted by Crippen LogP contribution is -2.15. The van der Waals surface area contributed by atoms with Gasteiger partial charge in [0.1, 0.15) is 10.7 Å². The van der Waals surface area contributed by atoms with E-state index in [0.717, 1.165) is 0 Å². The van der Waals surface area contributed by atoms with E-state index in [9.17, 15) is 12.8 Å². The van der Waals surface area contributed by atoms with Crippen molar-refractivity contribution in [3.63, 3.8) is 0 Å². The van der Waals surface area contributed by atoms with E-state index in [0.29, 0.717) is 14.4 Å². The van der Waals surface area contributed by atoms with Gasteiger partial charge in [-0.2, -0.15) is 0 Å². The third-order valence-electron chi connectivity index (χ3n) is 2.59. The lowest BCUT2D eigenvalue weighted by atomic mass is 10.3. The van der Waals surface area contributed by atoms with Gasteiger partial charge < -0.3 is 0 Å². The van der Waals surface area contributed by atoms with E-state index >= 15 is 0 Å². The van der Waals surface area contributed by atoms with Crippen LogP contribution in [0.3, 0.4) is 0 Å². The Hall–Kier alpha value is -0.760. The van der Waals surface area contributed by atoms with Crippen LogP contribution in [-0.4, -0.2) is 14.7 Å². The number of nitrogens with one attached hydrogen (secondary N) is 1. The topological polar surface area (TPSA) is 46.2 Å². The molecular weight excluding hydrogens is 401 g/mol. The predicted octanol–water partition coefficient (Wildman–Crippen LogP) is 4.76. The van der Waals surface area contributed by atoms with Crippen molar-refractivity contribution in [3.05, 3.63) is 51.7 Å². The minimum absolute atomic E-state index is 0.0184. The highest BCUT2D eigenvalue weighted by molar-refractivity contribution is 9.10. The molecule has 0 bridgehead atoms. The Kier molecular flexibility index (Phi) is 5.19. The second-order valence-corrected chi connectivity index (χ2v) is 7.88. The van der Waals surface area contributed by atoms with Crippen LogP contribution in [0.4, 0.5) is 10.1 Å². The molecule has 0 unspecified atom stereocenters. The van der Waals surface area contributed by atoms with Crippen LogP contribution in [0.25, 0.3) is 0 Å². The van der Waals surface area contributed by atoms with Gasteiger partial charge in [0.25, 0.3) is 10.0 Å². The van der Waals surface area contributed by atoms with Gasteiger partial charge in [0.05, 0.1) is 5.69 Å². The third kappa shape index (κ3) is 3.91. The molecule has 0 amide bonds. The lowest BCUT2D eigenvalue weighted by molar-refractivity contribution is 0.596. The Bertz CT molecular complexity index is 784. The Balaban J connectivity index is 2.45. The highest BCUT2D eigenvalue weighted by Crippen LogP contribution is 2.30. The van der Waals surface area contributed by atoms with E-state index in [1.54, 1.807) is 24.5 Å². The molecule has 112 valence electrons. The minimum atomic E-state index is -3.92. The Labute approximate surface area is 140 Å². The quantitative estimate of drug-likeness (QED) is 0.739. The first kappa shape index (κ1) is 16.6. The van der Waals surface area contributed by atoms with Gasteiger partial charge in [-0.15, -0.1) is 11.8 Å². The van der Waals surface area contributed by atoms with Crippen LogP contribution in [0, 0.1) is 5.82 Å². The summed E-state index contributed by atoms with van der Waals surface area (Å²) in [5.41, 5.74) is -0.120. The molecule has 3 nitrogen and oxygen atoms in total. The fourth-order valence-corrected chi connectivity index (χ4v) is 4.43. The highest BCUT2D eigenvalue weighted by atomic mass is 79.9. The molecular formula is C13H10BrClFNO2S2. The standard InChI is InChI=1S/C13H10BrClFNO2S2/c1-20-12-5-3-9(15)7-13(12)21(18,19)17-11-4-2-8(14)6-10(11)16/h2-7,17H,1H3. The number of hydrogen-bond donors (Lipinski definition) is 1. The first-order valence-corrected chi connectivity index (χ1v) is 9.53. The molecule has 0 radical (unpaired) electrons. The molecule has 0 fully saturated rings. The Morgan fingerprint density at radius 2 is 1.95 bits per heavy atom. The fourth-order valence-electron chi connectivity index (χ4n) is 1.63. The van der Waals surface area contributed by atoms with Gasteiger partial charge in [-0.05, 0) is 42.7 Å². The van der Waals surface area contributed by atoms with E-state index in [1.807, 2.05) is 0 Å². The zero-order valence-corrected chi connectivity index (χ0v) is 14.7. The molecule has 8 heteroatoms. The first-order valence-electron chi connectivity index (χ1n) is 5.65. The summed E-state index contributed by atoms with van der Waals surface area (Å²) in [6.45, 7) is 0. The van der Waals surface area contributed by atoms with Gasteiger partial charge in [-0.3, -0.25) is 4.72 Å². The summed E-state index contributed by atoms with van der Waals surface area (Å²) in [7, 11) is -3.92. The molecule has 1 N–H and O–H groups in total. The molecule has 0 aliphatic heterocycles. The van der Waals surface area contributed by atoms with Crippen LogP contribution in [-0.2, 0) is 10.0 Å². The number of anilines is 1. The summed E-state index contributed by atoms with van der Waals surface area (Å²) >= 11 is 10.2. The average Bonchev–Trinajstić information content (AvgIpc) is 2.42. The lowest BCUT2D eigenvalue weighted by Gasteiger charge is -2.12. The zero-order valence-electron chi connectivity index (χ0n) is 10.7. The van der Waals surface area contributed by atoms with Crippen LogP contribution in [0.5, 0.6) is 0 Å². The maximum Gasteiger partial charge on any atom is 0.263 e. The highest BCUT2D eigenvalue weighted by Gasteiger charge is 2.20.